The third-order valence-electron chi connectivity index (χ3n) is 3.19. The van der Waals surface area contributed by atoms with Crippen LogP contribution in [0.4, 0.5) is 4.39 Å². The standard InChI is InChI=1S/C13H16ClFN2O.ClH/c1-8-7-17(9(2)6-16-8)13(18)10-3-4-12(15)11(14)5-10;/h3-5,8-9,16H,6-7H2,1-2H3;1H. The van der Waals surface area contributed by atoms with Crippen molar-refractivity contribution in [2.24, 2.45) is 0 Å². The molecule has 19 heavy (non-hydrogen) atoms. The zero-order valence-corrected chi connectivity index (χ0v) is 12.4. The molecule has 1 heterocycles. The van der Waals surface area contributed by atoms with Crippen LogP contribution in [0.2, 0.25) is 5.02 Å². The first-order valence-electron chi connectivity index (χ1n) is 5.98. The fourth-order valence-corrected chi connectivity index (χ4v) is 2.28. The van der Waals surface area contributed by atoms with Gasteiger partial charge in [-0.25, -0.2) is 4.39 Å². The zero-order chi connectivity index (χ0) is 13.3. The number of carbonyl (C=O) groups is 1. The Balaban J connectivity index is 0.00000180. The lowest BCUT2D eigenvalue weighted by molar-refractivity contribution is 0.0616. The Morgan fingerprint density at radius 3 is 2.79 bits per heavy atom. The molecule has 1 aromatic rings. The first-order valence-corrected chi connectivity index (χ1v) is 6.36. The molecule has 3 nitrogen and oxygen atoms in total. The van der Waals surface area contributed by atoms with E-state index >= 15 is 0 Å². The quantitative estimate of drug-likeness (QED) is 0.865. The Labute approximate surface area is 123 Å². The van der Waals surface area contributed by atoms with Crippen molar-refractivity contribution in [1.82, 2.24) is 10.2 Å². The third-order valence-corrected chi connectivity index (χ3v) is 3.48. The maximum absolute atomic E-state index is 13.1. The molecule has 2 rings (SSSR count). The fraction of sp³-hybridized carbons (Fsp3) is 0.462. The number of amides is 1. The molecule has 0 radical (unpaired) electrons. The average molecular weight is 307 g/mol. The Bertz CT molecular complexity index is 470. The highest BCUT2D eigenvalue weighted by molar-refractivity contribution is 6.31. The van der Waals surface area contributed by atoms with Crippen molar-refractivity contribution in [3.63, 3.8) is 0 Å². The molecule has 1 aromatic carbocycles. The van der Waals surface area contributed by atoms with Crippen molar-refractivity contribution in [3.05, 3.63) is 34.6 Å². The van der Waals surface area contributed by atoms with Gasteiger partial charge in [0.05, 0.1) is 5.02 Å². The van der Waals surface area contributed by atoms with Gasteiger partial charge in [-0.2, -0.15) is 0 Å². The lowest BCUT2D eigenvalue weighted by Gasteiger charge is -2.37. The molecular formula is C13H17Cl2FN2O. The molecule has 1 amide bonds. The minimum Gasteiger partial charge on any atom is -0.333 e. The number of halogens is 3. The Morgan fingerprint density at radius 2 is 2.16 bits per heavy atom. The molecule has 0 bridgehead atoms. The smallest absolute Gasteiger partial charge is 0.254 e. The van der Waals surface area contributed by atoms with E-state index in [1.54, 1.807) is 4.90 Å². The normalized spacial score (nSPS) is 22.8. The summed E-state index contributed by atoms with van der Waals surface area (Å²) in [5, 5.41) is 3.29. The van der Waals surface area contributed by atoms with Crippen LogP contribution >= 0.6 is 24.0 Å². The van der Waals surface area contributed by atoms with E-state index in [4.69, 9.17) is 11.6 Å². The van der Waals surface area contributed by atoms with Crippen molar-refractivity contribution in [2.75, 3.05) is 13.1 Å². The van der Waals surface area contributed by atoms with Gasteiger partial charge >= 0.3 is 0 Å². The first-order chi connectivity index (χ1) is 8.49. The molecule has 2 atom stereocenters. The molecule has 0 spiro atoms. The molecule has 6 heteroatoms. The molecule has 1 aliphatic heterocycles. The van der Waals surface area contributed by atoms with Crippen LogP contribution in [0.5, 0.6) is 0 Å². The van der Waals surface area contributed by atoms with Gasteiger partial charge in [-0.1, -0.05) is 11.6 Å². The minimum atomic E-state index is -0.505. The number of rotatable bonds is 1. The summed E-state index contributed by atoms with van der Waals surface area (Å²) in [6.07, 6.45) is 0. The number of nitrogens with one attached hydrogen (secondary N) is 1. The SMILES string of the molecule is CC1CN(C(=O)c2ccc(F)c(Cl)c2)C(C)CN1.Cl. The number of hydrogen-bond acceptors (Lipinski definition) is 2. The van der Waals surface area contributed by atoms with Crippen LogP contribution in [-0.2, 0) is 0 Å². The van der Waals surface area contributed by atoms with E-state index < -0.39 is 5.82 Å². The highest BCUT2D eigenvalue weighted by Gasteiger charge is 2.27. The number of hydrogen-bond donors (Lipinski definition) is 1. The van der Waals surface area contributed by atoms with Crippen LogP contribution in [0, 0.1) is 5.82 Å². The van der Waals surface area contributed by atoms with Crippen molar-refractivity contribution >= 4 is 29.9 Å². The maximum Gasteiger partial charge on any atom is 0.254 e. The molecule has 0 saturated carbocycles. The topological polar surface area (TPSA) is 32.3 Å². The highest BCUT2D eigenvalue weighted by Crippen LogP contribution is 2.19. The van der Waals surface area contributed by atoms with E-state index in [9.17, 15) is 9.18 Å². The Morgan fingerprint density at radius 1 is 1.47 bits per heavy atom. The monoisotopic (exact) mass is 306 g/mol. The number of carbonyl (C=O) groups excluding carboxylic acids is 1. The van der Waals surface area contributed by atoms with Gasteiger partial charge in [0.15, 0.2) is 0 Å². The lowest BCUT2D eigenvalue weighted by Crippen LogP contribution is -2.56. The number of benzene rings is 1. The minimum absolute atomic E-state index is 0. The van der Waals surface area contributed by atoms with Gasteiger partial charge in [-0.15, -0.1) is 12.4 Å². The van der Waals surface area contributed by atoms with Crippen molar-refractivity contribution in [1.29, 1.82) is 0 Å². The average Bonchev–Trinajstić information content (AvgIpc) is 2.35. The lowest BCUT2D eigenvalue weighted by atomic mass is 10.1. The van der Waals surface area contributed by atoms with E-state index in [2.05, 4.69) is 5.32 Å². The summed E-state index contributed by atoms with van der Waals surface area (Å²) >= 11 is 5.70. The summed E-state index contributed by atoms with van der Waals surface area (Å²) in [4.78, 5) is 14.1. The second-order valence-electron chi connectivity index (χ2n) is 4.74. The van der Waals surface area contributed by atoms with Gasteiger partial charge in [-0.05, 0) is 32.0 Å². The van der Waals surface area contributed by atoms with Crippen LogP contribution in [-0.4, -0.2) is 36.0 Å². The number of piperazine rings is 1. The molecule has 1 N–H and O–H groups in total. The highest BCUT2D eigenvalue weighted by atomic mass is 35.5. The Hall–Kier alpha value is -0.840. The van der Waals surface area contributed by atoms with E-state index in [1.165, 1.54) is 18.2 Å². The second-order valence-corrected chi connectivity index (χ2v) is 5.15. The summed E-state index contributed by atoms with van der Waals surface area (Å²) in [5.74, 6) is -0.604. The molecule has 0 aliphatic carbocycles. The Kier molecular flexibility index (Phi) is 5.59. The largest absolute Gasteiger partial charge is 0.333 e. The predicted molar refractivity (Wildman–Crippen MR) is 76.6 cm³/mol. The van der Waals surface area contributed by atoms with E-state index in [1.807, 2.05) is 13.8 Å². The van der Waals surface area contributed by atoms with E-state index in [0.717, 1.165) is 6.54 Å². The molecule has 1 aliphatic rings. The number of nitrogens with zero attached hydrogens (tertiary/aromatic N) is 1. The predicted octanol–water partition coefficient (Wildman–Crippen LogP) is 2.72. The van der Waals surface area contributed by atoms with E-state index in [0.29, 0.717) is 12.1 Å². The van der Waals surface area contributed by atoms with E-state index in [-0.39, 0.29) is 35.4 Å². The van der Waals surface area contributed by atoms with Gasteiger partial charge in [0.1, 0.15) is 5.82 Å². The molecule has 1 saturated heterocycles. The van der Waals surface area contributed by atoms with Crippen molar-refractivity contribution in [2.45, 2.75) is 25.9 Å². The van der Waals surface area contributed by atoms with Crippen LogP contribution in [0.1, 0.15) is 24.2 Å². The first kappa shape index (κ1) is 16.2. The molecular weight excluding hydrogens is 290 g/mol. The fourth-order valence-electron chi connectivity index (χ4n) is 2.10. The van der Waals surface area contributed by atoms with Gasteiger partial charge in [-0.3, -0.25) is 4.79 Å². The molecule has 1 fully saturated rings. The second kappa shape index (κ2) is 6.55. The molecule has 2 unspecified atom stereocenters. The molecule has 0 aromatic heterocycles. The van der Waals surface area contributed by atoms with Crippen LogP contribution in [0.25, 0.3) is 0 Å². The third kappa shape index (κ3) is 3.59. The van der Waals surface area contributed by atoms with Gasteiger partial charge < -0.3 is 10.2 Å². The van der Waals surface area contributed by atoms with Crippen LogP contribution in [0.3, 0.4) is 0 Å². The summed E-state index contributed by atoms with van der Waals surface area (Å²) in [5.41, 5.74) is 0.433. The summed E-state index contributed by atoms with van der Waals surface area (Å²) in [7, 11) is 0. The van der Waals surface area contributed by atoms with Crippen LogP contribution in [0.15, 0.2) is 18.2 Å². The van der Waals surface area contributed by atoms with Gasteiger partial charge in [0.2, 0.25) is 0 Å². The zero-order valence-electron chi connectivity index (χ0n) is 10.8. The van der Waals surface area contributed by atoms with Gasteiger partial charge in [0, 0.05) is 30.7 Å². The van der Waals surface area contributed by atoms with Crippen LogP contribution < -0.4 is 5.32 Å². The van der Waals surface area contributed by atoms with Crippen molar-refractivity contribution < 1.29 is 9.18 Å². The summed E-state index contributed by atoms with van der Waals surface area (Å²) in [6, 6.07) is 4.48. The summed E-state index contributed by atoms with van der Waals surface area (Å²) in [6.45, 7) is 5.43. The van der Waals surface area contributed by atoms with Gasteiger partial charge in [0.25, 0.3) is 5.91 Å². The summed E-state index contributed by atoms with van der Waals surface area (Å²) < 4.78 is 13.1. The van der Waals surface area contributed by atoms with Crippen molar-refractivity contribution in [3.8, 4) is 0 Å². The molecule has 106 valence electrons. The maximum atomic E-state index is 13.1.